The molecule has 1 N–H and O–H groups in total. The summed E-state index contributed by atoms with van der Waals surface area (Å²) in [5.74, 6) is 0.605. The highest BCUT2D eigenvalue weighted by molar-refractivity contribution is 5.97. The molecule has 6 nitrogen and oxygen atoms in total. The van der Waals surface area contributed by atoms with Crippen LogP contribution in [0.25, 0.3) is 0 Å². The summed E-state index contributed by atoms with van der Waals surface area (Å²) in [6, 6.07) is 14.9. The maximum atomic E-state index is 12.7. The molecule has 3 rings (SSSR count). The summed E-state index contributed by atoms with van der Waals surface area (Å²) in [6.45, 7) is 7.51. The van der Waals surface area contributed by atoms with Crippen LogP contribution in [-0.2, 0) is 11.3 Å². The third-order valence-corrected chi connectivity index (χ3v) is 5.25. The number of ether oxygens (including phenoxy) is 1. The van der Waals surface area contributed by atoms with Crippen molar-refractivity contribution >= 4 is 11.8 Å². The summed E-state index contributed by atoms with van der Waals surface area (Å²) in [7, 11) is 1.66. The SMILES string of the molecule is COc1ccc(CN2CCN(C(=O)[C@H](C)NC(=O)c3cccc(C)c3)CC2)cc1. The van der Waals surface area contributed by atoms with Crippen molar-refractivity contribution in [1.82, 2.24) is 15.1 Å². The lowest BCUT2D eigenvalue weighted by Gasteiger charge is -2.36. The van der Waals surface area contributed by atoms with Crippen molar-refractivity contribution in [2.75, 3.05) is 33.3 Å². The van der Waals surface area contributed by atoms with E-state index in [2.05, 4.69) is 22.3 Å². The number of nitrogens with zero attached hydrogens (tertiary/aromatic N) is 2. The van der Waals surface area contributed by atoms with Gasteiger partial charge in [0, 0.05) is 38.3 Å². The molecular formula is C23H29N3O3. The smallest absolute Gasteiger partial charge is 0.251 e. The van der Waals surface area contributed by atoms with Gasteiger partial charge in [0.15, 0.2) is 0 Å². The van der Waals surface area contributed by atoms with E-state index in [-0.39, 0.29) is 11.8 Å². The first-order chi connectivity index (χ1) is 14.0. The lowest BCUT2D eigenvalue weighted by atomic mass is 10.1. The summed E-state index contributed by atoms with van der Waals surface area (Å²) >= 11 is 0. The van der Waals surface area contributed by atoms with E-state index in [9.17, 15) is 9.59 Å². The zero-order valence-corrected chi connectivity index (χ0v) is 17.4. The molecule has 0 bridgehead atoms. The number of carbonyl (C=O) groups excluding carboxylic acids is 2. The Morgan fingerprint density at radius 2 is 1.76 bits per heavy atom. The maximum Gasteiger partial charge on any atom is 0.251 e. The Balaban J connectivity index is 1.48. The molecule has 1 aliphatic heterocycles. The minimum absolute atomic E-state index is 0.0323. The van der Waals surface area contributed by atoms with Gasteiger partial charge in [0.2, 0.25) is 5.91 Å². The van der Waals surface area contributed by atoms with Crippen LogP contribution in [0.1, 0.15) is 28.4 Å². The second kappa shape index (κ2) is 9.56. The molecule has 1 heterocycles. The number of aryl methyl sites for hydroxylation is 1. The van der Waals surface area contributed by atoms with Crippen LogP contribution in [0.4, 0.5) is 0 Å². The number of hydrogen-bond acceptors (Lipinski definition) is 4. The van der Waals surface area contributed by atoms with E-state index in [0.717, 1.165) is 30.9 Å². The standard InChI is InChI=1S/C23H29N3O3/c1-17-5-4-6-20(15-17)22(27)24-18(2)23(28)26-13-11-25(12-14-26)16-19-7-9-21(29-3)10-8-19/h4-10,15,18H,11-14,16H2,1-3H3,(H,24,27)/t18-/m0/s1. The molecule has 2 aromatic rings. The molecule has 1 aliphatic rings. The second-order valence-corrected chi connectivity index (χ2v) is 7.51. The molecule has 0 aliphatic carbocycles. The number of nitrogens with one attached hydrogen (secondary N) is 1. The van der Waals surface area contributed by atoms with Gasteiger partial charge in [0.1, 0.15) is 11.8 Å². The molecule has 0 unspecified atom stereocenters. The molecule has 0 spiro atoms. The first-order valence-electron chi connectivity index (χ1n) is 9.98. The van der Waals surface area contributed by atoms with Crippen LogP contribution in [0.2, 0.25) is 0 Å². The highest BCUT2D eigenvalue weighted by Crippen LogP contribution is 2.14. The molecule has 0 radical (unpaired) electrons. The second-order valence-electron chi connectivity index (χ2n) is 7.51. The van der Waals surface area contributed by atoms with Gasteiger partial charge in [-0.05, 0) is 43.7 Å². The molecule has 6 heteroatoms. The molecule has 2 aromatic carbocycles. The van der Waals surface area contributed by atoms with Gasteiger partial charge in [-0.25, -0.2) is 0 Å². The van der Waals surface area contributed by atoms with Crippen LogP contribution in [-0.4, -0.2) is 60.9 Å². The number of rotatable bonds is 6. The third kappa shape index (κ3) is 5.57. The number of benzene rings is 2. The highest BCUT2D eigenvalue weighted by atomic mass is 16.5. The highest BCUT2D eigenvalue weighted by Gasteiger charge is 2.26. The van der Waals surface area contributed by atoms with Crippen LogP contribution >= 0.6 is 0 Å². The van der Waals surface area contributed by atoms with Crippen LogP contribution in [0.5, 0.6) is 5.75 Å². The largest absolute Gasteiger partial charge is 0.497 e. The Bertz CT molecular complexity index is 843. The Morgan fingerprint density at radius 3 is 2.38 bits per heavy atom. The van der Waals surface area contributed by atoms with Gasteiger partial charge in [-0.3, -0.25) is 14.5 Å². The van der Waals surface area contributed by atoms with Crippen molar-refractivity contribution in [2.24, 2.45) is 0 Å². The molecule has 154 valence electrons. The van der Waals surface area contributed by atoms with Crippen molar-refractivity contribution < 1.29 is 14.3 Å². The van der Waals surface area contributed by atoms with Crippen LogP contribution in [0.3, 0.4) is 0 Å². The molecule has 0 aromatic heterocycles. The minimum Gasteiger partial charge on any atom is -0.497 e. The summed E-state index contributed by atoms with van der Waals surface area (Å²) in [5, 5.41) is 2.83. The minimum atomic E-state index is -0.545. The Labute approximate surface area is 172 Å². The van der Waals surface area contributed by atoms with E-state index in [4.69, 9.17) is 4.74 Å². The Hall–Kier alpha value is -2.86. The first-order valence-corrected chi connectivity index (χ1v) is 9.98. The van der Waals surface area contributed by atoms with E-state index in [1.807, 2.05) is 42.2 Å². The molecule has 0 saturated carbocycles. The van der Waals surface area contributed by atoms with Gasteiger partial charge in [0.25, 0.3) is 5.91 Å². The normalized spacial score (nSPS) is 15.6. The summed E-state index contributed by atoms with van der Waals surface area (Å²) in [6.07, 6.45) is 0. The van der Waals surface area contributed by atoms with Gasteiger partial charge in [-0.1, -0.05) is 29.8 Å². The molecule has 29 heavy (non-hydrogen) atoms. The molecule has 1 saturated heterocycles. The van der Waals surface area contributed by atoms with Gasteiger partial charge in [-0.2, -0.15) is 0 Å². The van der Waals surface area contributed by atoms with E-state index in [0.29, 0.717) is 18.7 Å². The lowest BCUT2D eigenvalue weighted by molar-refractivity contribution is -0.134. The maximum absolute atomic E-state index is 12.7. The fraction of sp³-hybridized carbons (Fsp3) is 0.391. The van der Waals surface area contributed by atoms with Crippen molar-refractivity contribution in [2.45, 2.75) is 26.4 Å². The number of amides is 2. The van der Waals surface area contributed by atoms with Crippen LogP contribution in [0.15, 0.2) is 48.5 Å². The Kier molecular flexibility index (Phi) is 6.88. The average molecular weight is 396 g/mol. The summed E-state index contributed by atoms with van der Waals surface area (Å²) in [5.41, 5.74) is 2.82. The molecule has 1 atom stereocenters. The van der Waals surface area contributed by atoms with Gasteiger partial charge in [-0.15, -0.1) is 0 Å². The first kappa shape index (κ1) is 20.9. The topological polar surface area (TPSA) is 61.9 Å². The fourth-order valence-electron chi connectivity index (χ4n) is 3.52. The zero-order chi connectivity index (χ0) is 20.8. The van der Waals surface area contributed by atoms with Crippen molar-refractivity contribution in [3.05, 3.63) is 65.2 Å². The quantitative estimate of drug-likeness (QED) is 0.816. The predicted molar refractivity (Wildman–Crippen MR) is 113 cm³/mol. The summed E-state index contributed by atoms with van der Waals surface area (Å²) in [4.78, 5) is 29.3. The molecular weight excluding hydrogens is 366 g/mol. The van der Waals surface area contributed by atoms with Gasteiger partial charge in [0.05, 0.1) is 7.11 Å². The third-order valence-electron chi connectivity index (χ3n) is 5.25. The monoisotopic (exact) mass is 395 g/mol. The average Bonchev–Trinajstić information content (AvgIpc) is 2.74. The number of hydrogen-bond donors (Lipinski definition) is 1. The van der Waals surface area contributed by atoms with E-state index in [1.165, 1.54) is 5.56 Å². The summed E-state index contributed by atoms with van der Waals surface area (Å²) < 4.78 is 5.20. The zero-order valence-electron chi connectivity index (χ0n) is 17.4. The molecule has 1 fully saturated rings. The van der Waals surface area contributed by atoms with Crippen LogP contribution < -0.4 is 10.1 Å². The number of carbonyl (C=O) groups is 2. The molecule has 2 amide bonds. The van der Waals surface area contributed by atoms with Crippen molar-refractivity contribution in [3.63, 3.8) is 0 Å². The van der Waals surface area contributed by atoms with E-state index < -0.39 is 6.04 Å². The van der Waals surface area contributed by atoms with E-state index in [1.54, 1.807) is 20.1 Å². The van der Waals surface area contributed by atoms with Crippen molar-refractivity contribution in [3.8, 4) is 5.75 Å². The van der Waals surface area contributed by atoms with Gasteiger partial charge >= 0.3 is 0 Å². The van der Waals surface area contributed by atoms with E-state index >= 15 is 0 Å². The lowest BCUT2D eigenvalue weighted by Crippen LogP contribution is -2.53. The van der Waals surface area contributed by atoms with Crippen molar-refractivity contribution in [1.29, 1.82) is 0 Å². The van der Waals surface area contributed by atoms with Crippen LogP contribution in [0, 0.1) is 6.92 Å². The fourth-order valence-corrected chi connectivity index (χ4v) is 3.52. The number of methoxy groups -OCH3 is 1. The number of piperazine rings is 1. The Morgan fingerprint density at radius 1 is 1.07 bits per heavy atom. The predicted octanol–water partition coefficient (Wildman–Crippen LogP) is 2.47. The van der Waals surface area contributed by atoms with Gasteiger partial charge < -0.3 is 15.0 Å².